The first kappa shape index (κ1) is 19.1. The van der Waals surface area contributed by atoms with Crippen molar-refractivity contribution in [3.8, 4) is 5.75 Å². The van der Waals surface area contributed by atoms with Gasteiger partial charge in [-0.05, 0) is 31.2 Å². The minimum absolute atomic E-state index is 0.252. The molecule has 0 saturated carbocycles. The van der Waals surface area contributed by atoms with Gasteiger partial charge in [0.1, 0.15) is 17.1 Å². The second kappa shape index (κ2) is 7.94. The number of halogens is 3. The Hall–Kier alpha value is -3.63. The molecule has 0 fully saturated rings. The van der Waals surface area contributed by atoms with Crippen molar-refractivity contribution < 1.29 is 22.7 Å². The first-order valence-electron chi connectivity index (χ1n) is 8.14. The van der Waals surface area contributed by atoms with Crippen molar-refractivity contribution in [2.75, 3.05) is 17.2 Å². The fraction of sp³-hybridized carbons (Fsp3) is 0.176. The van der Waals surface area contributed by atoms with Gasteiger partial charge in [0.25, 0.3) is 0 Å². The van der Waals surface area contributed by atoms with Crippen LogP contribution >= 0.6 is 0 Å². The third-order valence-electron chi connectivity index (χ3n) is 3.33. The monoisotopic (exact) mass is 392 g/mol. The number of alkyl halides is 3. The van der Waals surface area contributed by atoms with Crippen molar-refractivity contribution in [2.45, 2.75) is 13.3 Å². The zero-order chi connectivity index (χ0) is 20.1. The molecular weight excluding hydrogens is 377 g/mol. The van der Waals surface area contributed by atoms with E-state index in [9.17, 15) is 18.0 Å². The molecule has 28 heavy (non-hydrogen) atoms. The van der Waals surface area contributed by atoms with Crippen LogP contribution in [-0.4, -0.2) is 33.9 Å². The number of hydrogen-bond acceptors (Lipinski definition) is 6. The molecule has 0 bridgehead atoms. The van der Waals surface area contributed by atoms with Gasteiger partial charge in [-0.2, -0.15) is 0 Å². The number of amides is 2. The van der Waals surface area contributed by atoms with Crippen LogP contribution in [0.3, 0.4) is 0 Å². The lowest BCUT2D eigenvalue weighted by Gasteiger charge is -2.11. The highest BCUT2D eigenvalue weighted by Crippen LogP contribution is 2.26. The van der Waals surface area contributed by atoms with Gasteiger partial charge in [0, 0.05) is 18.3 Å². The number of fused-ring (bicyclic) bond motifs is 1. The average molecular weight is 392 g/mol. The molecule has 0 aliphatic carbocycles. The van der Waals surface area contributed by atoms with E-state index in [1.807, 2.05) is 0 Å². The lowest BCUT2D eigenvalue weighted by atomic mass is 10.3. The third-order valence-corrected chi connectivity index (χ3v) is 3.33. The number of carbonyl (C=O) groups excluding carboxylic acids is 1. The normalized spacial score (nSPS) is 11.1. The molecule has 146 valence electrons. The molecule has 0 radical (unpaired) electrons. The van der Waals surface area contributed by atoms with Gasteiger partial charge in [0.2, 0.25) is 0 Å². The SMILES string of the molecule is CCNC(=O)Nc1ccc2ncc(Nc3cccc(OC(F)(F)F)c3)nc2n1. The molecule has 2 aromatic heterocycles. The summed E-state index contributed by atoms with van der Waals surface area (Å²) in [6.45, 7) is 2.25. The topological polar surface area (TPSA) is 101 Å². The molecule has 0 aliphatic rings. The van der Waals surface area contributed by atoms with Crippen molar-refractivity contribution in [2.24, 2.45) is 0 Å². The summed E-state index contributed by atoms with van der Waals surface area (Å²) >= 11 is 0. The maximum Gasteiger partial charge on any atom is 0.573 e. The van der Waals surface area contributed by atoms with Crippen LogP contribution in [0, 0.1) is 0 Å². The summed E-state index contributed by atoms with van der Waals surface area (Å²) in [5, 5.41) is 7.98. The Morgan fingerprint density at radius 3 is 2.68 bits per heavy atom. The predicted molar refractivity (Wildman–Crippen MR) is 96.4 cm³/mol. The van der Waals surface area contributed by atoms with E-state index < -0.39 is 12.4 Å². The first-order chi connectivity index (χ1) is 13.3. The summed E-state index contributed by atoms with van der Waals surface area (Å²) < 4.78 is 40.9. The Bertz CT molecular complexity index is 996. The maximum atomic E-state index is 12.3. The van der Waals surface area contributed by atoms with Crippen LogP contribution in [-0.2, 0) is 0 Å². The van der Waals surface area contributed by atoms with Crippen LogP contribution in [0.15, 0.2) is 42.6 Å². The van der Waals surface area contributed by atoms with Gasteiger partial charge in [0.15, 0.2) is 11.5 Å². The molecule has 0 spiro atoms. The number of aromatic nitrogens is 3. The van der Waals surface area contributed by atoms with Gasteiger partial charge in [0.05, 0.1) is 6.20 Å². The molecule has 3 aromatic rings. The molecule has 11 heteroatoms. The van der Waals surface area contributed by atoms with E-state index in [1.165, 1.54) is 24.4 Å². The molecule has 8 nitrogen and oxygen atoms in total. The van der Waals surface area contributed by atoms with Gasteiger partial charge < -0.3 is 15.4 Å². The Balaban J connectivity index is 1.80. The van der Waals surface area contributed by atoms with Gasteiger partial charge in [-0.15, -0.1) is 13.2 Å². The smallest absolute Gasteiger partial charge is 0.406 e. The van der Waals surface area contributed by atoms with Crippen LogP contribution in [0.4, 0.5) is 35.3 Å². The zero-order valence-electron chi connectivity index (χ0n) is 14.5. The third kappa shape index (κ3) is 5.19. The lowest BCUT2D eigenvalue weighted by Crippen LogP contribution is -2.28. The van der Waals surface area contributed by atoms with E-state index in [-0.39, 0.29) is 23.0 Å². The zero-order valence-corrected chi connectivity index (χ0v) is 14.5. The number of pyridine rings is 1. The lowest BCUT2D eigenvalue weighted by molar-refractivity contribution is -0.274. The summed E-state index contributed by atoms with van der Waals surface area (Å²) in [5.74, 6) is 0.183. The number of rotatable bonds is 5. The number of hydrogen-bond donors (Lipinski definition) is 3. The number of anilines is 3. The molecule has 2 amide bonds. The highest BCUT2D eigenvalue weighted by molar-refractivity contribution is 5.89. The second-order valence-corrected chi connectivity index (χ2v) is 5.48. The summed E-state index contributed by atoms with van der Waals surface area (Å²) in [7, 11) is 0. The molecule has 3 N–H and O–H groups in total. The Kier molecular flexibility index (Phi) is 5.43. The quantitative estimate of drug-likeness (QED) is 0.611. The Morgan fingerprint density at radius 1 is 1.14 bits per heavy atom. The minimum Gasteiger partial charge on any atom is -0.406 e. The molecule has 2 heterocycles. The summed E-state index contributed by atoms with van der Waals surface area (Å²) in [4.78, 5) is 24.2. The number of urea groups is 1. The number of nitrogens with zero attached hydrogens (tertiary/aromatic N) is 3. The average Bonchev–Trinajstić information content (AvgIpc) is 2.60. The van der Waals surface area contributed by atoms with Gasteiger partial charge in [-0.3, -0.25) is 5.32 Å². The molecular formula is C17H15F3N6O2. The summed E-state index contributed by atoms with van der Waals surface area (Å²) in [6, 6.07) is 8.14. The van der Waals surface area contributed by atoms with E-state index in [1.54, 1.807) is 25.1 Å². The van der Waals surface area contributed by atoms with Crippen molar-refractivity contribution in [1.29, 1.82) is 0 Å². The largest absolute Gasteiger partial charge is 0.573 e. The van der Waals surface area contributed by atoms with E-state index in [0.29, 0.717) is 17.7 Å². The summed E-state index contributed by atoms with van der Waals surface area (Å²) in [6.07, 6.45) is -3.36. The predicted octanol–water partition coefficient (Wildman–Crippen LogP) is 3.81. The number of benzene rings is 1. The number of ether oxygens (including phenoxy) is 1. The highest BCUT2D eigenvalue weighted by Gasteiger charge is 2.31. The van der Waals surface area contributed by atoms with Crippen molar-refractivity contribution in [3.05, 3.63) is 42.6 Å². The van der Waals surface area contributed by atoms with Gasteiger partial charge >= 0.3 is 12.4 Å². The van der Waals surface area contributed by atoms with E-state index in [2.05, 4.69) is 35.6 Å². The Labute approximate surface area is 157 Å². The molecule has 3 rings (SSSR count). The summed E-state index contributed by atoms with van der Waals surface area (Å²) in [5.41, 5.74) is 1.06. The minimum atomic E-state index is -4.78. The molecule has 0 unspecified atom stereocenters. The van der Waals surface area contributed by atoms with E-state index in [0.717, 1.165) is 0 Å². The second-order valence-electron chi connectivity index (χ2n) is 5.48. The molecule has 0 atom stereocenters. The molecule has 0 aliphatic heterocycles. The maximum absolute atomic E-state index is 12.3. The van der Waals surface area contributed by atoms with E-state index >= 15 is 0 Å². The van der Waals surface area contributed by atoms with Crippen molar-refractivity contribution in [3.63, 3.8) is 0 Å². The van der Waals surface area contributed by atoms with Crippen LogP contribution in [0.25, 0.3) is 11.2 Å². The standard InChI is InChI=1S/C17H15F3N6O2/c1-2-21-16(27)26-13-7-6-12-15(24-13)25-14(9-22-12)23-10-4-3-5-11(8-10)28-17(18,19)20/h3-9H,2H2,1H3,(H3,21,23,24,25,26,27). The fourth-order valence-electron chi connectivity index (χ4n) is 2.27. The van der Waals surface area contributed by atoms with Crippen LogP contribution in [0.1, 0.15) is 6.92 Å². The molecule has 0 saturated heterocycles. The van der Waals surface area contributed by atoms with Crippen molar-refractivity contribution in [1.82, 2.24) is 20.3 Å². The van der Waals surface area contributed by atoms with Gasteiger partial charge in [-0.1, -0.05) is 6.07 Å². The number of nitrogens with one attached hydrogen (secondary N) is 3. The van der Waals surface area contributed by atoms with Crippen LogP contribution < -0.4 is 20.7 Å². The van der Waals surface area contributed by atoms with E-state index in [4.69, 9.17) is 0 Å². The van der Waals surface area contributed by atoms with Crippen molar-refractivity contribution >= 4 is 34.5 Å². The van der Waals surface area contributed by atoms with Gasteiger partial charge in [-0.25, -0.2) is 19.7 Å². The van der Waals surface area contributed by atoms with Crippen LogP contribution in [0.2, 0.25) is 0 Å². The number of carbonyl (C=O) groups is 1. The first-order valence-corrected chi connectivity index (χ1v) is 8.14. The fourth-order valence-corrected chi connectivity index (χ4v) is 2.27. The highest BCUT2D eigenvalue weighted by atomic mass is 19.4. The molecule has 1 aromatic carbocycles. The Morgan fingerprint density at radius 2 is 1.93 bits per heavy atom. The van der Waals surface area contributed by atoms with Crippen LogP contribution in [0.5, 0.6) is 5.75 Å².